The van der Waals surface area contributed by atoms with Gasteiger partial charge in [0.25, 0.3) is 10.0 Å². The van der Waals surface area contributed by atoms with E-state index in [9.17, 15) is 13.2 Å². The van der Waals surface area contributed by atoms with Crippen LogP contribution in [0.15, 0.2) is 47.4 Å². The molecule has 0 radical (unpaired) electrons. The average Bonchev–Trinajstić information content (AvgIpc) is 2.67. The van der Waals surface area contributed by atoms with Crippen molar-refractivity contribution in [1.29, 1.82) is 0 Å². The summed E-state index contributed by atoms with van der Waals surface area (Å²) in [5.41, 5.74) is 0.107. The second-order valence-corrected chi connectivity index (χ2v) is 7.56. The van der Waals surface area contributed by atoms with Crippen LogP contribution in [0, 0.1) is 0 Å². The van der Waals surface area contributed by atoms with Gasteiger partial charge < -0.3 is 14.2 Å². The molecule has 2 aromatic rings. The van der Waals surface area contributed by atoms with Gasteiger partial charge in [0.05, 0.1) is 36.4 Å². The van der Waals surface area contributed by atoms with Crippen LogP contribution in [0.25, 0.3) is 0 Å². The van der Waals surface area contributed by atoms with Crippen molar-refractivity contribution in [2.45, 2.75) is 11.8 Å². The molecule has 2 rings (SSSR count). The Morgan fingerprint density at radius 3 is 2.26 bits per heavy atom. The van der Waals surface area contributed by atoms with Gasteiger partial charge in [0, 0.05) is 12.1 Å². The fourth-order valence-corrected chi connectivity index (χ4v) is 4.05. The first-order valence-corrected chi connectivity index (χ1v) is 9.81. The van der Waals surface area contributed by atoms with Gasteiger partial charge >= 0.3 is 5.97 Å². The molecule has 0 spiro atoms. The Balaban J connectivity index is 2.65. The molecule has 0 aromatic heterocycles. The molecule has 0 aliphatic rings. The van der Waals surface area contributed by atoms with Gasteiger partial charge in [0.2, 0.25) is 0 Å². The quantitative estimate of drug-likeness (QED) is 0.618. The van der Waals surface area contributed by atoms with Crippen LogP contribution in [0.2, 0.25) is 5.02 Å². The zero-order chi connectivity index (χ0) is 20.0. The Labute approximate surface area is 163 Å². The van der Waals surface area contributed by atoms with Gasteiger partial charge in [0.15, 0.2) is 0 Å². The van der Waals surface area contributed by atoms with Crippen molar-refractivity contribution >= 4 is 33.3 Å². The molecule has 0 atom stereocenters. The largest absolute Gasteiger partial charge is 0.495 e. The van der Waals surface area contributed by atoms with Crippen LogP contribution in [-0.4, -0.2) is 41.8 Å². The van der Waals surface area contributed by atoms with E-state index in [4.69, 9.17) is 25.8 Å². The number of esters is 1. The normalized spacial score (nSPS) is 11.0. The fraction of sp³-hybridized carbons (Fsp3) is 0.278. The fourth-order valence-electron chi connectivity index (χ4n) is 2.38. The lowest BCUT2D eigenvalue weighted by Crippen LogP contribution is -2.37. The van der Waals surface area contributed by atoms with Crippen molar-refractivity contribution in [1.82, 2.24) is 0 Å². The van der Waals surface area contributed by atoms with Gasteiger partial charge in [-0.05, 0) is 19.1 Å². The zero-order valence-electron chi connectivity index (χ0n) is 15.1. The summed E-state index contributed by atoms with van der Waals surface area (Å²) in [4.78, 5) is 12.1. The maximum atomic E-state index is 13.2. The highest BCUT2D eigenvalue weighted by Crippen LogP contribution is 2.40. The SMILES string of the molecule is CCOC(=O)CN(c1cc(OC)c(Cl)cc1OC)S(=O)(=O)c1ccccc1. The number of benzene rings is 2. The Morgan fingerprint density at radius 2 is 1.70 bits per heavy atom. The first-order chi connectivity index (χ1) is 12.8. The molecule has 0 aliphatic carbocycles. The Kier molecular flexibility index (Phi) is 6.92. The summed E-state index contributed by atoms with van der Waals surface area (Å²) in [6.07, 6.45) is 0. The lowest BCUT2D eigenvalue weighted by atomic mass is 10.2. The van der Waals surface area contributed by atoms with Crippen molar-refractivity contribution in [3.8, 4) is 11.5 Å². The highest BCUT2D eigenvalue weighted by molar-refractivity contribution is 7.92. The summed E-state index contributed by atoms with van der Waals surface area (Å²) in [5.74, 6) is -0.290. The number of hydrogen-bond acceptors (Lipinski definition) is 6. The van der Waals surface area contributed by atoms with E-state index in [1.54, 1.807) is 25.1 Å². The van der Waals surface area contributed by atoms with Crippen LogP contribution in [-0.2, 0) is 19.6 Å². The van der Waals surface area contributed by atoms with Gasteiger partial charge in [-0.2, -0.15) is 0 Å². The molecule has 0 aliphatic heterocycles. The molecule has 0 unspecified atom stereocenters. The van der Waals surface area contributed by atoms with E-state index in [0.717, 1.165) is 4.31 Å². The van der Waals surface area contributed by atoms with Crippen LogP contribution in [0.3, 0.4) is 0 Å². The Morgan fingerprint density at radius 1 is 1.07 bits per heavy atom. The molecule has 0 N–H and O–H groups in total. The molecule has 0 heterocycles. The molecule has 0 amide bonds. The van der Waals surface area contributed by atoms with Crippen LogP contribution < -0.4 is 13.8 Å². The minimum Gasteiger partial charge on any atom is -0.495 e. The third-order valence-corrected chi connectivity index (χ3v) is 5.70. The third-order valence-electron chi connectivity index (χ3n) is 3.63. The Bertz CT molecular complexity index is 902. The predicted octanol–water partition coefficient (Wildman–Crippen LogP) is 3.12. The summed E-state index contributed by atoms with van der Waals surface area (Å²) in [6, 6.07) is 10.6. The van der Waals surface area contributed by atoms with Crippen molar-refractivity contribution < 1.29 is 27.4 Å². The van der Waals surface area contributed by atoms with E-state index in [1.807, 2.05) is 0 Å². The lowest BCUT2D eigenvalue weighted by Gasteiger charge is -2.26. The molecule has 0 saturated heterocycles. The van der Waals surface area contributed by atoms with E-state index in [0.29, 0.717) is 0 Å². The zero-order valence-corrected chi connectivity index (χ0v) is 16.7. The summed E-state index contributed by atoms with van der Waals surface area (Å²) in [6.45, 7) is 1.23. The van der Waals surface area contributed by atoms with Crippen LogP contribution in [0.4, 0.5) is 5.69 Å². The number of hydrogen-bond donors (Lipinski definition) is 0. The topological polar surface area (TPSA) is 82.1 Å². The summed E-state index contributed by atoms with van der Waals surface area (Å²) >= 11 is 6.11. The molecule has 9 heteroatoms. The monoisotopic (exact) mass is 413 g/mol. The molecule has 0 bridgehead atoms. The molecule has 27 heavy (non-hydrogen) atoms. The molecular weight excluding hydrogens is 394 g/mol. The summed E-state index contributed by atoms with van der Waals surface area (Å²) in [5, 5.41) is 0.242. The van der Waals surface area contributed by atoms with E-state index < -0.39 is 22.5 Å². The van der Waals surface area contributed by atoms with E-state index in [1.165, 1.54) is 38.5 Å². The maximum absolute atomic E-state index is 13.2. The third kappa shape index (κ3) is 4.64. The number of carbonyl (C=O) groups is 1. The van der Waals surface area contributed by atoms with Crippen LogP contribution in [0.1, 0.15) is 6.92 Å². The first kappa shape index (κ1) is 20.9. The maximum Gasteiger partial charge on any atom is 0.326 e. The van der Waals surface area contributed by atoms with Crippen LogP contribution in [0.5, 0.6) is 11.5 Å². The highest BCUT2D eigenvalue weighted by atomic mass is 35.5. The second kappa shape index (κ2) is 8.96. The second-order valence-electron chi connectivity index (χ2n) is 5.29. The number of rotatable bonds is 8. The van der Waals surface area contributed by atoms with Gasteiger partial charge in [-0.15, -0.1) is 0 Å². The molecule has 0 fully saturated rings. The summed E-state index contributed by atoms with van der Waals surface area (Å²) in [7, 11) is -1.31. The summed E-state index contributed by atoms with van der Waals surface area (Å²) < 4.78 is 42.7. The number of ether oxygens (including phenoxy) is 3. The molecule has 7 nitrogen and oxygen atoms in total. The minimum atomic E-state index is -4.08. The number of carbonyl (C=O) groups excluding carboxylic acids is 1. The van der Waals surface area contributed by atoms with Gasteiger partial charge in [-0.1, -0.05) is 29.8 Å². The first-order valence-electron chi connectivity index (χ1n) is 8.00. The number of sulfonamides is 1. The smallest absolute Gasteiger partial charge is 0.326 e. The Hall–Kier alpha value is -2.45. The predicted molar refractivity (Wildman–Crippen MR) is 102 cm³/mol. The number of halogens is 1. The average molecular weight is 414 g/mol. The van der Waals surface area contributed by atoms with E-state index >= 15 is 0 Å². The minimum absolute atomic E-state index is 0.0188. The number of nitrogens with zero attached hydrogens (tertiary/aromatic N) is 1. The number of methoxy groups -OCH3 is 2. The molecular formula is C18H20ClNO6S. The molecule has 2 aromatic carbocycles. The van der Waals surface area contributed by atoms with Gasteiger partial charge in [0.1, 0.15) is 18.0 Å². The van der Waals surface area contributed by atoms with Gasteiger partial charge in [-0.3, -0.25) is 9.10 Å². The van der Waals surface area contributed by atoms with Crippen molar-refractivity contribution in [3.63, 3.8) is 0 Å². The highest BCUT2D eigenvalue weighted by Gasteiger charge is 2.30. The van der Waals surface area contributed by atoms with E-state index in [-0.39, 0.29) is 33.7 Å². The van der Waals surface area contributed by atoms with Gasteiger partial charge in [-0.25, -0.2) is 8.42 Å². The van der Waals surface area contributed by atoms with Crippen LogP contribution >= 0.6 is 11.6 Å². The lowest BCUT2D eigenvalue weighted by molar-refractivity contribution is -0.141. The molecule has 146 valence electrons. The number of anilines is 1. The van der Waals surface area contributed by atoms with Crippen molar-refractivity contribution in [2.24, 2.45) is 0 Å². The molecule has 0 saturated carbocycles. The van der Waals surface area contributed by atoms with Crippen molar-refractivity contribution in [3.05, 3.63) is 47.5 Å². The van der Waals surface area contributed by atoms with Crippen molar-refractivity contribution in [2.75, 3.05) is 31.7 Å². The standard InChI is InChI=1S/C18H20ClNO6S/c1-4-26-18(21)12-20(27(22,23)13-8-6-5-7-9-13)15-11-16(24-2)14(19)10-17(15)25-3/h5-11H,4,12H2,1-3H3. The van der Waals surface area contributed by atoms with E-state index in [2.05, 4.69) is 0 Å².